The van der Waals surface area contributed by atoms with Gasteiger partial charge in [-0.3, -0.25) is 0 Å². The highest BCUT2D eigenvalue weighted by Gasteiger charge is 2.53. The number of anilines is 3. The maximum Gasteiger partial charge on any atom is 0.0746 e. The van der Waals surface area contributed by atoms with Gasteiger partial charge in [0.1, 0.15) is 0 Å². The highest BCUT2D eigenvalue weighted by molar-refractivity contribution is 6.13. The number of rotatable bonds is 6. The molecule has 1 spiro atoms. The van der Waals surface area contributed by atoms with Gasteiger partial charge in [-0.1, -0.05) is 202 Å². The molecule has 0 saturated heterocycles. The zero-order valence-corrected chi connectivity index (χ0v) is 40.1. The van der Waals surface area contributed by atoms with Crippen molar-refractivity contribution in [1.29, 1.82) is 0 Å². The van der Waals surface area contributed by atoms with E-state index in [9.17, 15) is 0 Å². The number of benzene rings is 11. The van der Waals surface area contributed by atoms with Gasteiger partial charge in [-0.2, -0.15) is 0 Å². The van der Waals surface area contributed by atoms with Crippen LogP contribution < -0.4 is 4.90 Å². The van der Waals surface area contributed by atoms with E-state index in [2.05, 4.69) is 278 Å². The standard InChI is InChI=1S/C70H48N2/c1-69(2)60-27-13-9-25-55(60)57-43-59-58-42-48(36-41-65(58)72(67(59)44-64(57)69)49-20-7-4-8-21-49)47-34-39-51(40-35-47)71(50-37-32-46(33-38-50)45-18-5-3-6-19-45)66-31-17-26-56-54-24-12-16-30-63(54)70(68(56)66)61-28-14-10-22-52(61)53-23-11-15-29-62(53)70/h3-44H,1-2H3. The second-order valence-corrected chi connectivity index (χ2v) is 20.4. The Morgan fingerprint density at radius 3 is 1.39 bits per heavy atom. The monoisotopic (exact) mass is 916 g/mol. The first-order valence-electron chi connectivity index (χ1n) is 25.3. The van der Waals surface area contributed by atoms with Crippen LogP contribution in [-0.2, 0) is 10.8 Å². The van der Waals surface area contributed by atoms with Gasteiger partial charge in [0.05, 0.1) is 22.1 Å². The fourth-order valence-electron chi connectivity index (χ4n) is 13.2. The zero-order chi connectivity index (χ0) is 47.7. The lowest BCUT2D eigenvalue weighted by Gasteiger charge is -2.36. The molecule has 2 heteroatoms. The van der Waals surface area contributed by atoms with Gasteiger partial charge in [0.25, 0.3) is 0 Å². The van der Waals surface area contributed by atoms with Gasteiger partial charge in [0.2, 0.25) is 0 Å². The van der Waals surface area contributed by atoms with Crippen LogP contribution >= 0.6 is 0 Å². The Balaban J connectivity index is 0.919. The van der Waals surface area contributed by atoms with E-state index in [1.54, 1.807) is 0 Å². The third-order valence-electron chi connectivity index (χ3n) is 16.4. The molecule has 0 fully saturated rings. The Morgan fingerprint density at radius 2 is 0.778 bits per heavy atom. The van der Waals surface area contributed by atoms with E-state index in [0.717, 1.165) is 11.4 Å². The summed E-state index contributed by atoms with van der Waals surface area (Å²) >= 11 is 0. The molecule has 0 atom stereocenters. The number of hydrogen-bond donors (Lipinski definition) is 0. The molecule has 1 aromatic heterocycles. The molecule has 0 aliphatic heterocycles. The summed E-state index contributed by atoms with van der Waals surface area (Å²) in [6, 6.07) is 95.2. The van der Waals surface area contributed by atoms with Crippen molar-refractivity contribution >= 4 is 38.9 Å². The van der Waals surface area contributed by atoms with Gasteiger partial charge in [0.15, 0.2) is 0 Å². The third-order valence-corrected chi connectivity index (χ3v) is 16.4. The van der Waals surface area contributed by atoms with Crippen molar-refractivity contribution in [3.05, 3.63) is 288 Å². The van der Waals surface area contributed by atoms with Crippen molar-refractivity contribution in [2.75, 3.05) is 4.90 Å². The number of aromatic nitrogens is 1. The molecule has 3 aliphatic rings. The molecule has 3 aliphatic carbocycles. The van der Waals surface area contributed by atoms with Crippen molar-refractivity contribution in [3.63, 3.8) is 0 Å². The topological polar surface area (TPSA) is 8.17 Å². The predicted octanol–water partition coefficient (Wildman–Crippen LogP) is 18.2. The summed E-state index contributed by atoms with van der Waals surface area (Å²) in [6.45, 7) is 4.74. The van der Waals surface area contributed by atoms with Crippen molar-refractivity contribution in [2.24, 2.45) is 0 Å². The van der Waals surface area contributed by atoms with Gasteiger partial charge < -0.3 is 9.47 Å². The minimum Gasteiger partial charge on any atom is -0.310 e. The van der Waals surface area contributed by atoms with Crippen LogP contribution in [0, 0.1) is 0 Å². The van der Waals surface area contributed by atoms with Crippen molar-refractivity contribution < 1.29 is 0 Å². The molecule has 0 saturated carbocycles. The quantitative estimate of drug-likeness (QED) is 0.161. The van der Waals surface area contributed by atoms with E-state index < -0.39 is 5.41 Å². The fraction of sp³-hybridized carbons (Fsp3) is 0.0571. The Bertz CT molecular complexity index is 4090. The van der Waals surface area contributed by atoms with Gasteiger partial charge in [0, 0.05) is 38.8 Å². The highest BCUT2D eigenvalue weighted by Crippen LogP contribution is 2.65. The van der Waals surface area contributed by atoms with Gasteiger partial charge in [-0.25, -0.2) is 0 Å². The molecule has 12 aromatic rings. The second kappa shape index (κ2) is 15.3. The third kappa shape index (κ3) is 5.61. The van der Waals surface area contributed by atoms with Crippen LogP contribution in [0.3, 0.4) is 0 Å². The first-order valence-corrected chi connectivity index (χ1v) is 25.3. The highest BCUT2D eigenvalue weighted by atomic mass is 15.1. The molecular formula is C70H48N2. The summed E-state index contributed by atoms with van der Waals surface area (Å²) < 4.78 is 2.46. The minimum atomic E-state index is -0.510. The predicted molar refractivity (Wildman–Crippen MR) is 300 cm³/mol. The van der Waals surface area contributed by atoms with E-state index >= 15 is 0 Å². The lowest BCUT2D eigenvalue weighted by atomic mass is 9.70. The smallest absolute Gasteiger partial charge is 0.0746 e. The molecule has 2 nitrogen and oxygen atoms in total. The largest absolute Gasteiger partial charge is 0.310 e. The summed E-state index contributed by atoms with van der Waals surface area (Å²) in [5.41, 5.74) is 27.1. The maximum absolute atomic E-state index is 2.51. The molecule has 0 N–H and O–H groups in total. The Morgan fingerprint density at radius 1 is 0.319 bits per heavy atom. The van der Waals surface area contributed by atoms with E-state index in [4.69, 9.17) is 0 Å². The van der Waals surface area contributed by atoms with Crippen LogP contribution in [0.5, 0.6) is 0 Å². The molecular weight excluding hydrogens is 869 g/mol. The number of fused-ring (bicyclic) bond motifs is 16. The summed E-state index contributed by atoms with van der Waals surface area (Å²) in [7, 11) is 0. The van der Waals surface area contributed by atoms with Crippen LogP contribution in [-0.4, -0.2) is 4.57 Å². The Kier molecular flexibility index (Phi) is 8.66. The number of para-hydroxylation sites is 1. The van der Waals surface area contributed by atoms with E-state index in [0.29, 0.717) is 0 Å². The molecule has 0 bridgehead atoms. The van der Waals surface area contributed by atoms with Crippen LogP contribution in [0.25, 0.3) is 83.1 Å². The molecule has 0 unspecified atom stereocenters. The summed E-state index contributed by atoms with van der Waals surface area (Å²) in [5.74, 6) is 0. The summed E-state index contributed by atoms with van der Waals surface area (Å²) in [4.78, 5) is 2.51. The number of hydrogen-bond acceptors (Lipinski definition) is 1. The maximum atomic E-state index is 2.51. The SMILES string of the molecule is CC1(C)c2ccccc2-c2cc3c4cc(-c5ccc(N(c6ccc(-c7ccccc7)cc6)c6cccc7c6C6(c8ccccc8-c8ccccc86)c6ccccc6-7)cc5)ccc4n(-c4ccccc4)c3cc21. The zero-order valence-electron chi connectivity index (χ0n) is 40.1. The van der Waals surface area contributed by atoms with Crippen LogP contribution in [0.4, 0.5) is 17.1 Å². The molecule has 15 rings (SSSR count). The molecule has 0 radical (unpaired) electrons. The number of nitrogens with zero attached hydrogens (tertiary/aromatic N) is 2. The average molecular weight is 917 g/mol. The van der Waals surface area contributed by atoms with Gasteiger partial charge in [-0.15, -0.1) is 0 Å². The van der Waals surface area contributed by atoms with Crippen LogP contribution in [0.2, 0.25) is 0 Å². The van der Waals surface area contributed by atoms with E-state index in [1.807, 2.05) is 0 Å². The van der Waals surface area contributed by atoms with E-state index in [1.165, 1.54) is 122 Å². The van der Waals surface area contributed by atoms with Crippen molar-refractivity contribution in [3.8, 4) is 61.3 Å². The molecule has 72 heavy (non-hydrogen) atoms. The fourth-order valence-corrected chi connectivity index (χ4v) is 13.2. The lowest BCUT2D eigenvalue weighted by molar-refractivity contribution is 0.661. The second-order valence-electron chi connectivity index (χ2n) is 20.4. The lowest BCUT2D eigenvalue weighted by Crippen LogP contribution is -2.28. The minimum absolute atomic E-state index is 0.0979. The molecule has 11 aromatic carbocycles. The van der Waals surface area contributed by atoms with Crippen LogP contribution in [0.1, 0.15) is 47.2 Å². The molecule has 1 heterocycles. The first-order chi connectivity index (χ1) is 35.5. The first kappa shape index (κ1) is 40.9. The normalized spacial score (nSPS) is 13.9. The van der Waals surface area contributed by atoms with Crippen LogP contribution in [0.15, 0.2) is 255 Å². The summed E-state index contributed by atoms with van der Waals surface area (Å²) in [5, 5.41) is 2.52. The van der Waals surface area contributed by atoms with E-state index in [-0.39, 0.29) is 5.41 Å². The average Bonchev–Trinajstić information content (AvgIpc) is 4.12. The van der Waals surface area contributed by atoms with Gasteiger partial charge in [-0.05, 0) is 150 Å². The van der Waals surface area contributed by atoms with Crippen molar-refractivity contribution in [2.45, 2.75) is 24.7 Å². The molecule has 338 valence electrons. The Hall–Kier alpha value is -8.98. The molecule has 0 amide bonds. The van der Waals surface area contributed by atoms with Crippen molar-refractivity contribution in [1.82, 2.24) is 4.57 Å². The Labute approximate surface area is 420 Å². The summed E-state index contributed by atoms with van der Waals surface area (Å²) in [6.07, 6.45) is 0. The van der Waals surface area contributed by atoms with Gasteiger partial charge >= 0.3 is 0 Å².